The SMILES string of the molecule is C#CC(=O)Oc1c(Cc2cc(C)cc(C(C)(C)C)c2O)cc(C)cc1C(C)(C)C. The summed E-state index contributed by atoms with van der Waals surface area (Å²) in [6.07, 6.45) is 5.70. The minimum absolute atomic E-state index is 0.188. The van der Waals surface area contributed by atoms with Crippen LogP contribution in [-0.2, 0) is 22.0 Å². The van der Waals surface area contributed by atoms with E-state index < -0.39 is 5.97 Å². The molecule has 29 heavy (non-hydrogen) atoms. The molecule has 0 aliphatic carbocycles. The number of carbonyl (C=O) groups excluding carboxylic acids is 1. The van der Waals surface area contributed by atoms with Crippen molar-refractivity contribution < 1.29 is 14.6 Å². The molecule has 3 nitrogen and oxygen atoms in total. The lowest BCUT2D eigenvalue weighted by Gasteiger charge is -2.26. The van der Waals surface area contributed by atoms with Crippen molar-refractivity contribution in [3.05, 3.63) is 57.6 Å². The normalized spacial score (nSPS) is 11.8. The molecule has 0 unspecified atom stereocenters. The molecule has 0 fully saturated rings. The molecular weight excluding hydrogens is 360 g/mol. The number of hydrogen-bond donors (Lipinski definition) is 1. The summed E-state index contributed by atoms with van der Waals surface area (Å²) in [5.74, 6) is 2.10. The summed E-state index contributed by atoms with van der Waals surface area (Å²) >= 11 is 0. The quantitative estimate of drug-likeness (QED) is 0.314. The molecule has 2 rings (SSSR count). The molecular formula is C26H32O3. The van der Waals surface area contributed by atoms with Gasteiger partial charge in [0.15, 0.2) is 0 Å². The van der Waals surface area contributed by atoms with Crippen molar-refractivity contribution in [1.82, 2.24) is 0 Å². The fraction of sp³-hybridized carbons (Fsp3) is 0.423. The topological polar surface area (TPSA) is 46.5 Å². The van der Waals surface area contributed by atoms with Crippen LogP contribution >= 0.6 is 0 Å². The van der Waals surface area contributed by atoms with Crippen LogP contribution in [0, 0.1) is 26.2 Å². The first-order valence-corrected chi connectivity index (χ1v) is 9.89. The smallest absolute Gasteiger partial charge is 0.389 e. The van der Waals surface area contributed by atoms with Gasteiger partial charge in [-0.3, -0.25) is 0 Å². The van der Waals surface area contributed by atoms with Crippen LogP contribution in [0.4, 0.5) is 0 Å². The van der Waals surface area contributed by atoms with Gasteiger partial charge in [0.1, 0.15) is 11.5 Å². The van der Waals surface area contributed by atoms with Gasteiger partial charge in [-0.1, -0.05) is 76.9 Å². The third-order valence-corrected chi connectivity index (χ3v) is 4.95. The number of hydrogen-bond acceptors (Lipinski definition) is 3. The maximum atomic E-state index is 11.9. The Morgan fingerprint density at radius 1 is 0.931 bits per heavy atom. The van der Waals surface area contributed by atoms with Gasteiger partial charge in [-0.15, -0.1) is 6.42 Å². The Hall–Kier alpha value is -2.73. The summed E-state index contributed by atoms with van der Waals surface area (Å²) < 4.78 is 5.59. The summed E-state index contributed by atoms with van der Waals surface area (Å²) in [4.78, 5) is 11.9. The molecule has 0 saturated heterocycles. The van der Waals surface area contributed by atoms with Crippen LogP contribution in [0.15, 0.2) is 24.3 Å². The van der Waals surface area contributed by atoms with E-state index >= 15 is 0 Å². The lowest BCUT2D eigenvalue weighted by atomic mass is 9.81. The van der Waals surface area contributed by atoms with Crippen LogP contribution in [0.1, 0.15) is 74.9 Å². The highest BCUT2D eigenvalue weighted by Crippen LogP contribution is 2.40. The fourth-order valence-electron chi connectivity index (χ4n) is 3.54. The first kappa shape index (κ1) is 22.6. The van der Waals surface area contributed by atoms with Gasteiger partial charge in [-0.05, 0) is 35.8 Å². The number of phenols is 1. The molecule has 2 aromatic rings. The summed E-state index contributed by atoms with van der Waals surface area (Å²) in [7, 11) is 0. The standard InChI is InChI=1S/C26H32O3/c1-10-22(27)29-24-19(12-17(3)14-21(24)26(7,8)9)15-18-11-16(2)13-20(23(18)28)25(4,5)6/h1,11-14,28H,15H2,2-9H3. The van der Waals surface area contributed by atoms with Crippen molar-refractivity contribution in [2.75, 3.05) is 0 Å². The lowest BCUT2D eigenvalue weighted by Crippen LogP contribution is -2.18. The zero-order valence-electron chi connectivity index (χ0n) is 18.9. The monoisotopic (exact) mass is 392 g/mol. The molecule has 0 spiro atoms. The molecule has 154 valence electrons. The largest absolute Gasteiger partial charge is 0.507 e. The van der Waals surface area contributed by atoms with E-state index in [0.717, 1.165) is 33.4 Å². The molecule has 0 bridgehead atoms. The molecule has 0 radical (unpaired) electrons. The summed E-state index contributed by atoms with van der Waals surface area (Å²) in [6.45, 7) is 16.5. The Kier molecular flexibility index (Phi) is 6.18. The van der Waals surface area contributed by atoms with Crippen LogP contribution in [0.5, 0.6) is 11.5 Å². The van der Waals surface area contributed by atoms with E-state index in [2.05, 4.69) is 41.5 Å². The Bertz CT molecular complexity index is 977. The third-order valence-electron chi connectivity index (χ3n) is 4.95. The summed E-state index contributed by atoms with van der Waals surface area (Å²) in [6, 6.07) is 8.03. The van der Waals surface area contributed by atoms with Gasteiger partial charge in [-0.25, -0.2) is 4.79 Å². The highest BCUT2D eigenvalue weighted by atomic mass is 16.5. The average molecular weight is 393 g/mol. The molecule has 0 aromatic heterocycles. The first-order valence-electron chi connectivity index (χ1n) is 9.89. The second kappa shape index (κ2) is 7.95. The zero-order valence-corrected chi connectivity index (χ0v) is 18.9. The van der Waals surface area contributed by atoms with E-state index in [1.54, 1.807) is 0 Å². The van der Waals surface area contributed by atoms with Gasteiger partial charge in [0.05, 0.1) is 0 Å². The van der Waals surface area contributed by atoms with Gasteiger partial charge in [0.25, 0.3) is 0 Å². The number of benzene rings is 2. The highest BCUT2D eigenvalue weighted by molar-refractivity contribution is 5.90. The van der Waals surface area contributed by atoms with Crippen LogP contribution < -0.4 is 4.74 Å². The molecule has 2 aromatic carbocycles. The van der Waals surface area contributed by atoms with Crippen molar-refractivity contribution in [2.45, 2.75) is 72.6 Å². The number of terminal acetylenes is 1. The Labute approximate surface area is 175 Å². The lowest BCUT2D eigenvalue weighted by molar-refractivity contribution is -0.128. The minimum Gasteiger partial charge on any atom is -0.507 e. The molecule has 0 heterocycles. The second-order valence-electron chi connectivity index (χ2n) is 9.83. The Morgan fingerprint density at radius 3 is 1.90 bits per heavy atom. The van der Waals surface area contributed by atoms with Crippen molar-refractivity contribution in [3.63, 3.8) is 0 Å². The van der Waals surface area contributed by atoms with Crippen LogP contribution in [0.2, 0.25) is 0 Å². The van der Waals surface area contributed by atoms with Gasteiger partial charge >= 0.3 is 5.97 Å². The van der Waals surface area contributed by atoms with Crippen LogP contribution in [0.25, 0.3) is 0 Å². The maximum Gasteiger partial charge on any atom is 0.389 e. The highest BCUT2D eigenvalue weighted by Gasteiger charge is 2.26. The van der Waals surface area contributed by atoms with Gasteiger partial charge < -0.3 is 9.84 Å². The third kappa shape index (κ3) is 5.21. The molecule has 0 atom stereocenters. The Balaban J connectivity index is 2.70. The van der Waals surface area contributed by atoms with Gasteiger partial charge in [0, 0.05) is 23.5 Å². The summed E-state index contributed by atoms with van der Waals surface area (Å²) in [5, 5.41) is 11.0. The number of carbonyl (C=O) groups is 1. The van der Waals surface area contributed by atoms with E-state index in [9.17, 15) is 9.90 Å². The fourth-order valence-corrected chi connectivity index (χ4v) is 3.54. The molecule has 0 aliphatic rings. The first-order chi connectivity index (χ1) is 13.2. The van der Waals surface area contributed by atoms with Crippen molar-refractivity contribution in [1.29, 1.82) is 0 Å². The Morgan fingerprint density at radius 2 is 1.41 bits per heavy atom. The number of phenolic OH excluding ortho intramolecular Hbond substituents is 1. The average Bonchev–Trinajstić information content (AvgIpc) is 2.57. The number of aromatic hydroxyl groups is 1. The van der Waals surface area contributed by atoms with E-state index in [0.29, 0.717) is 12.2 Å². The van der Waals surface area contributed by atoms with Crippen LogP contribution in [0.3, 0.4) is 0 Å². The van der Waals surface area contributed by atoms with Crippen LogP contribution in [-0.4, -0.2) is 11.1 Å². The molecule has 0 aliphatic heterocycles. The number of aryl methyl sites for hydroxylation is 2. The molecule has 3 heteroatoms. The van der Waals surface area contributed by atoms with Crippen molar-refractivity contribution >= 4 is 5.97 Å². The summed E-state index contributed by atoms with van der Waals surface area (Å²) in [5.41, 5.74) is 5.17. The van der Waals surface area contributed by atoms with E-state index in [4.69, 9.17) is 11.2 Å². The molecule has 0 saturated carbocycles. The van der Waals surface area contributed by atoms with Crippen molar-refractivity contribution in [3.8, 4) is 23.8 Å². The number of rotatable bonds is 3. The van der Waals surface area contributed by atoms with Crippen molar-refractivity contribution in [2.24, 2.45) is 0 Å². The predicted molar refractivity (Wildman–Crippen MR) is 119 cm³/mol. The van der Waals surface area contributed by atoms with E-state index in [1.165, 1.54) is 0 Å². The molecule has 1 N–H and O–H groups in total. The predicted octanol–water partition coefficient (Wildman–Crippen LogP) is 5.73. The van der Waals surface area contributed by atoms with Gasteiger partial charge in [0.2, 0.25) is 0 Å². The zero-order chi connectivity index (χ0) is 22.1. The number of esters is 1. The maximum absolute atomic E-state index is 11.9. The van der Waals surface area contributed by atoms with E-state index in [1.807, 2.05) is 44.0 Å². The second-order valence-corrected chi connectivity index (χ2v) is 9.83. The number of ether oxygens (including phenoxy) is 1. The van der Waals surface area contributed by atoms with Gasteiger partial charge in [-0.2, -0.15) is 0 Å². The minimum atomic E-state index is -0.718. The van der Waals surface area contributed by atoms with E-state index in [-0.39, 0.29) is 16.6 Å². The molecule has 0 amide bonds.